The number of nitrogens with one attached hydrogen (secondary N) is 1. The van der Waals surface area contributed by atoms with Crippen LogP contribution in [0.3, 0.4) is 0 Å². The Labute approximate surface area is 126 Å². The standard InChI is InChI=1S/C19H22N2/c1-2-7-19-18(4-1)13-20-10-11-21(19)14-15-8-9-16-5-3-6-17(16)12-15/h1-2,4,7-9,12,20H,3,5-6,10-11,13-14H2. The lowest BCUT2D eigenvalue weighted by molar-refractivity contribution is 0.688. The second kappa shape index (κ2) is 5.53. The van der Waals surface area contributed by atoms with Crippen molar-refractivity contribution in [2.24, 2.45) is 0 Å². The molecule has 0 spiro atoms. The van der Waals surface area contributed by atoms with Gasteiger partial charge in [-0.3, -0.25) is 0 Å². The number of rotatable bonds is 2. The zero-order valence-electron chi connectivity index (χ0n) is 12.4. The minimum absolute atomic E-state index is 0.983. The fraction of sp³-hybridized carbons (Fsp3) is 0.368. The number of aryl methyl sites for hydroxylation is 2. The van der Waals surface area contributed by atoms with E-state index in [4.69, 9.17) is 0 Å². The molecule has 1 N–H and O–H groups in total. The van der Waals surface area contributed by atoms with Crippen LogP contribution >= 0.6 is 0 Å². The molecule has 2 aromatic carbocycles. The summed E-state index contributed by atoms with van der Waals surface area (Å²) in [7, 11) is 0. The van der Waals surface area contributed by atoms with Crippen LogP contribution in [-0.4, -0.2) is 13.1 Å². The van der Waals surface area contributed by atoms with Gasteiger partial charge in [0.15, 0.2) is 0 Å². The Kier molecular flexibility index (Phi) is 3.40. The first kappa shape index (κ1) is 12.9. The summed E-state index contributed by atoms with van der Waals surface area (Å²) in [6.45, 7) is 4.14. The molecule has 0 radical (unpaired) electrons. The van der Waals surface area contributed by atoms with Crippen LogP contribution in [0, 0.1) is 0 Å². The minimum atomic E-state index is 0.983. The average molecular weight is 278 g/mol. The molecule has 2 aliphatic rings. The molecule has 0 aromatic heterocycles. The normalized spacial score (nSPS) is 17.2. The number of hydrogen-bond acceptors (Lipinski definition) is 2. The van der Waals surface area contributed by atoms with Gasteiger partial charge in [0.1, 0.15) is 0 Å². The zero-order valence-corrected chi connectivity index (χ0v) is 12.4. The fourth-order valence-corrected chi connectivity index (χ4v) is 3.63. The van der Waals surface area contributed by atoms with Crippen LogP contribution in [-0.2, 0) is 25.9 Å². The van der Waals surface area contributed by atoms with Gasteiger partial charge in [-0.1, -0.05) is 36.4 Å². The number of benzene rings is 2. The van der Waals surface area contributed by atoms with Crippen molar-refractivity contribution < 1.29 is 0 Å². The van der Waals surface area contributed by atoms with E-state index in [0.717, 1.165) is 26.2 Å². The molecule has 0 fully saturated rings. The molecule has 0 saturated heterocycles. The third kappa shape index (κ3) is 2.56. The average Bonchev–Trinajstić information content (AvgIpc) is 2.89. The van der Waals surface area contributed by atoms with Crippen molar-refractivity contribution in [3.8, 4) is 0 Å². The second-order valence-electron chi connectivity index (χ2n) is 6.18. The molecule has 108 valence electrons. The molecule has 0 atom stereocenters. The first-order chi connectivity index (χ1) is 10.4. The van der Waals surface area contributed by atoms with Crippen LogP contribution in [0.25, 0.3) is 0 Å². The van der Waals surface area contributed by atoms with E-state index in [1.54, 1.807) is 11.1 Å². The van der Waals surface area contributed by atoms with Crippen molar-refractivity contribution in [1.82, 2.24) is 5.32 Å². The molecule has 1 heterocycles. The Morgan fingerprint density at radius 2 is 1.86 bits per heavy atom. The van der Waals surface area contributed by atoms with Crippen molar-refractivity contribution in [2.45, 2.75) is 32.4 Å². The molecule has 0 saturated carbocycles. The third-order valence-electron chi connectivity index (χ3n) is 4.74. The van der Waals surface area contributed by atoms with Gasteiger partial charge >= 0.3 is 0 Å². The zero-order chi connectivity index (χ0) is 14.1. The summed E-state index contributed by atoms with van der Waals surface area (Å²) in [4.78, 5) is 2.52. The summed E-state index contributed by atoms with van der Waals surface area (Å²) in [6, 6.07) is 15.9. The Morgan fingerprint density at radius 3 is 2.86 bits per heavy atom. The van der Waals surface area contributed by atoms with Crippen molar-refractivity contribution in [3.05, 3.63) is 64.7 Å². The Hall–Kier alpha value is -1.80. The first-order valence-electron chi connectivity index (χ1n) is 8.04. The van der Waals surface area contributed by atoms with Crippen LogP contribution in [0.15, 0.2) is 42.5 Å². The lowest BCUT2D eigenvalue weighted by Gasteiger charge is -2.25. The van der Waals surface area contributed by atoms with Crippen molar-refractivity contribution >= 4 is 5.69 Å². The van der Waals surface area contributed by atoms with E-state index >= 15 is 0 Å². The van der Waals surface area contributed by atoms with Gasteiger partial charge < -0.3 is 10.2 Å². The summed E-state index contributed by atoms with van der Waals surface area (Å²) in [5, 5.41) is 3.52. The quantitative estimate of drug-likeness (QED) is 0.907. The number of nitrogens with zero attached hydrogens (tertiary/aromatic N) is 1. The maximum absolute atomic E-state index is 3.52. The van der Waals surface area contributed by atoms with Crippen LogP contribution in [0.4, 0.5) is 5.69 Å². The summed E-state index contributed by atoms with van der Waals surface area (Å²) >= 11 is 0. The Balaban J connectivity index is 1.62. The van der Waals surface area contributed by atoms with Gasteiger partial charge in [-0.05, 0) is 47.6 Å². The number of fused-ring (bicyclic) bond motifs is 2. The van der Waals surface area contributed by atoms with E-state index in [9.17, 15) is 0 Å². The number of anilines is 1. The van der Waals surface area contributed by atoms with Gasteiger partial charge in [-0.15, -0.1) is 0 Å². The molecule has 1 aliphatic heterocycles. The van der Waals surface area contributed by atoms with Crippen LogP contribution < -0.4 is 10.2 Å². The van der Waals surface area contributed by atoms with E-state index in [2.05, 4.69) is 52.7 Å². The highest BCUT2D eigenvalue weighted by Crippen LogP contribution is 2.26. The van der Waals surface area contributed by atoms with E-state index in [1.165, 1.54) is 36.1 Å². The largest absolute Gasteiger partial charge is 0.366 e. The first-order valence-corrected chi connectivity index (χ1v) is 8.04. The van der Waals surface area contributed by atoms with Crippen molar-refractivity contribution in [3.63, 3.8) is 0 Å². The fourth-order valence-electron chi connectivity index (χ4n) is 3.63. The molecule has 1 aliphatic carbocycles. The summed E-state index contributed by atoms with van der Waals surface area (Å²) in [6.07, 6.45) is 3.86. The monoisotopic (exact) mass is 278 g/mol. The molecule has 21 heavy (non-hydrogen) atoms. The second-order valence-corrected chi connectivity index (χ2v) is 6.18. The smallest absolute Gasteiger partial charge is 0.0430 e. The molecule has 2 nitrogen and oxygen atoms in total. The van der Waals surface area contributed by atoms with Gasteiger partial charge in [0.2, 0.25) is 0 Å². The highest BCUT2D eigenvalue weighted by atomic mass is 15.2. The van der Waals surface area contributed by atoms with Crippen LogP contribution in [0.2, 0.25) is 0 Å². The Morgan fingerprint density at radius 1 is 0.952 bits per heavy atom. The highest BCUT2D eigenvalue weighted by molar-refractivity contribution is 5.55. The summed E-state index contributed by atoms with van der Waals surface area (Å²) in [5.74, 6) is 0. The molecule has 0 bridgehead atoms. The maximum Gasteiger partial charge on any atom is 0.0430 e. The molecule has 2 heteroatoms. The lowest BCUT2D eigenvalue weighted by atomic mass is 10.1. The van der Waals surface area contributed by atoms with Crippen molar-refractivity contribution in [2.75, 3.05) is 18.0 Å². The Bertz CT molecular complexity index is 648. The molecule has 2 aromatic rings. The topological polar surface area (TPSA) is 15.3 Å². The third-order valence-corrected chi connectivity index (χ3v) is 4.74. The predicted molar refractivity (Wildman–Crippen MR) is 87.7 cm³/mol. The summed E-state index contributed by atoms with van der Waals surface area (Å²) < 4.78 is 0. The SMILES string of the molecule is c1ccc2c(c1)CNCCN2Cc1ccc2c(c1)CCC2. The molecule has 0 amide bonds. The lowest BCUT2D eigenvalue weighted by Crippen LogP contribution is -2.28. The summed E-state index contributed by atoms with van der Waals surface area (Å²) in [5.41, 5.74) is 7.40. The predicted octanol–water partition coefficient (Wildman–Crippen LogP) is 3.29. The maximum atomic E-state index is 3.52. The van der Waals surface area contributed by atoms with Crippen LogP contribution in [0.1, 0.15) is 28.7 Å². The van der Waals surface area contributed by atoms with Gasteiger partial charge in [0, 0.05) is 31.9 Å². The molecule has 4 rings (SSSR count). The molecular weight excluding hydrogens is 256 g/mol. The van der Waals surface area contributed by atoms with Crippen LogP contribution in [0.5, 0.6) is 0 Å². The van der Waals surface area contributed by atoms with Gasteiger partial charge in [0.25, 0.3) is 0 Å². The van der Waals surface area contributed by atoms with E-state index < -0.39 is 0 Å². The van der Waals surface area contributed by atoms with Gasteiger partial charge in [0.05, 0.1) is 0 Å². The van der Waals surface area contributed by atoms with Crippen molar-refractivity contribution in [1.29, 1.82) is 0 Å². The highest BCUT2D eigenvalue weighted by Gasteiger charge is 2.16. The number of para-hydroxylation sites is 1. The van der Waals surface area contributed by atoms with Gasteiger partial charge in [-0.25, -0.2) is 0 Å². The van der Waals surface area contributed by atoms with E-state index in [0.29, 0.717) is 0 Å². The minimum Gasteiger partial charge on any atom is -0.366 e. The van der Waals surface area contributed by atoms with E-state index in [1.807, 2.05) is 0 Å². The number of hydrogen-bond donors (Lipinski definition) is 1. The van der Waals surface area contributed by atoms with Gasteiger partial charge in [-0.2, -0.15) is 0 Å². The molecular formula is C19H22N2. The molecule has 0 unspecified atom stereocenters. The van der Waals surface area contributed by atoms with E-state index in [-0.39, 0.29) is 0 Å².